The van der Waals surface area contributed by atoms with Gasteiger partial charge in [-0.2, -0.15) is 0 Å². The number of piperidine rings is 2. The number of likely N-dealkylation sites (tertiary alicyclic amines) is 1. The van der Waals surface area contributed by atoms with E-state index in [9.17, 15) is 4.79 Å². The molecule has 2 aliphatic rings. The highest BCUT2D eigenvalue weighted by Gasteiger charge is 2.31. The lowest BCUT2D eigenvalue weighted by Gasteiger charge is -2.40. The topological polar surface area (TPSA) is 50.8 Å². The molecule has 1 N–H and O–H groups in total. The monoisotopic (exact) mass is 314 g/mol. The standard InChI is InChI=1S/C18H22N2O3/c1-22-16-5-3-13(8-17(16)23-2)4-6-18(21)20-11-14-7-15(12-20)10-19-9-14/h3,5,8,14-15,19H,7,9-12H2,1-2H3/t14-,15+. The van der Waals surface area contributed by atoms with E-state index in [2.05, 4.69) is 17.2 Å². The van der Waals surface area contributed by atoms with E-state index < -0.39 is 0 Å². The van der Waals surface area contributed by atoms with Crippen molar-refractivity contribution in [2.45, 2.75) is 6.42 Å². The molecule has 2 bridgehead atoms. The van der Waals surface area contributed by atoms with Crippen molar-refractivity contribution in [3.05, 3.63) is 23.8 Å². The Morgan fingerprint density at radius 2 is 1.87 bits per heavy atom. The minimum absolute atomic E-state index is 0.0867. The van der Waals surface area contributed by atoms with Gasteiger partial charge in [-0.1, -0.05) is 5.92 Å². The van der Waals surface area contributed by atoms with Crippen LogP contribution in [-0.2, 0) is 4.79 Å². The molecular formula is C18H22N2O3. The molecule has 2 saturated heterocycles. The van der Waals surface area contributed by atoms with Gasteiger partial charge in [-0.3, -0.25) is 4.79 Å². The summed E-state index contributed by atoms with van der Waals surface area (Å²) in [6.07, 6.45) is 1.22. The first-order chi connectivity index (χ1) is 11.2. The summed E-state index contributed by atoms with van der Waals surface area (Å²) in [5.74, 6) is 8.02. The van der Waals surface area contributed by atoms with Crippen molar-refractivity contribution in [2.24, 2.45) is 11.8 Å². The van der Waals surface area contributed by atoms with Gasteiger partial charge in [-0.25, -0.2) is 0 Å². The van der Waals surface area contributed by atoms with Gasteiger partial charge in [0.2, 0.25) is 0 Å². The number of amides is 1. The molecule has 1 aromatic carbocycles. The Morgan fingerprint density at radius 3 is 2.52 bits per heavy atom. The van der Waals surface area contributed by atoms with Crippen molar-refractivity contribution in [1.29, 1.82) is 0 Å². The smallest absolute Gasteiger partial charge is 0.298 e. The maximum absolute atomic E-state index is 12.4. The number of methoxy groups -OCH3 is 2. The van der Waals surface area contributed by atoms with E-state index in [4.69, 9.17) is 9.47 Å². The molecule has 2 heterocycles. The van der Waals surface area contributed by atoms with E-state index in [-0.39, 0.29) is 5.91 Å². The zero-order chi connectivity index (χ0) is 16.2. The van der Waals surface area contributed by atoms with Crippen LogP contribution in [0.5, 0.6) is 11.5 Å². The number of hydrogen-bond donors (Lipinski definition) is 1. The van der Waals surface area contributed by atoms with Crippen LogP contribution in [0.1, 0.15) is 12.0 Å². The Hall–Kier alpha value is -2.19. The molecule has 0 unspecified atom stereocenters. The van der Waals surface area contributed by atoms with Crippen LogP contribution in [0, 0.1) is 23.7 Å². The second-order valence-electron chi connectivity index (χ2n) is 6.16. The van der Waals surface area contributed by atoms with E-state index >= 15 is 0 Å². The largest absolute Gasteiger partial charge is 0.493 e. The highest BCUT2D eigenvalue weighted by Crippen LogP contribution is 2.27. The number of fused-ring (bicyclic) bond motifs is 2. The molecule has 0 spiro atoms. The van der Waals surface area contributed by atoms with Gasteiger partial charge in [0, 0.05) is 24.6 Å². The average molecular weight is 314 g/mol. The molecule has 0 saturated carbocycles. The number of rotatable bonds is 2. The van der Waals surface area contributed by atoms with Crippen LogP contribution in [0.3, 0.4) is 0 Å². The van der Waals surface area contributed by atoms with Crippen LogP contribution < -0.4 is 14.8 Å². The predicted octanol–water partition coefficient (Wildman–Crippen LogP) is 1.12. The fourth-order valence-electron chi connectivity index (χ4n) is 3.39. The SMILES string of the molecule is COc1ccc(C#CC(=O)N2C[C@@H]3CNC[C@@H](C3)C2)cc1OC. The minimum atomic E-state index is -0.0867. The van der Waals surface area contributed by atoms with Crippen molar-refractivity contribution in [3.8, 4) is 23.3 Å². The van der Waals surface area contributed by atoms with E-state index in [1.54, 1.807) is 26.4 Å². The predicted molar refractivity (Wildman–Crippen MR) is 87.5 cm³/mol. The van der Waals surface area contributed by atoms with Crippen LogP contribution in [0.4, 0.5) is 0 Å². The number of ether oxygens (including phenoxy) is 2. The van der Waals surface area contributed by atoms with Crippen molar-refractivity contribution in [1.82, 2.24) is 10.2 Å². The summed E-state index contributed by atoms with van der Waals surface area (Å²) >= 11 is 0. The molecule has 3 rings (SSSR count). The minimum Gasteiger partial charge on any atom is -0.493 e. The summed E-state index contributed by atoms with van der Waals surface area (Å²) in [7, 11) is 3.18. The first-order valence-corrected chi connectivity index (χ1v) is 7.93. The lowest BCUT2D eigenvalue weighted by molar-refractivity contribution is -0.128. The normalized spacial score (nSPS) is 22.8. The molecule has 5 heteroatoms. The van der Waals surface area contributed by atoms with Crippen LogP contribution in [-0.4, -0.2) is 51.2 Å². The van der Waals surface area contributed by atoms with Gasteiger partial charge in [-0.05, 0) is 49.5 Å². The Balaban J connectivity index is 1.70. The number of carbonyl (C=O) groups excluding carboxylic acids is 1. The van der Waals surface area contributed by atoms with Gasteiger partial charge >= 0.3 is 0 Å². The van der Waals surface area contributed by atoms with Gasteiger partial charge in [-0.15, -0.1) is 0 Å². The van der Waals surface area contributed by atoms with Crippen molar-refractivity contribution in [3.63, 3.8) is 0 Å². The molecule has 2 aliphatic heterocycles. The summed E-state index contributed by atoms with van der Waals surface area (Å²) in [6, 6.07) is 5.41. The number of nitrogens with zero attached hydrogens (tertiary/aromatic N) is 1. The zero-order valence-electron chi connectivity index (χ0n) is 13.6. The maximum atomic E-state index is 12.4. The van der Waals surface area contributed by atoms with Gasteiger partial charge in [0.25, 0.3) is 5.91 Å². The molecule has 0 aromatic heterocycles. The molecule has 2 atom stereocenters. The molecule has 5 nitrogen and oxygen atoms in total. The van der Waals surface area contributed by atoms with Crippen molar-refractivity contribution < 1.29 is 14.3 Å². The van der Waals surface area contributed by atoms with Gasteiger partial charge in [0.15, 0.2) is 11.5 Å². The second-order valence-corrected chi connectivity index (χ2v) is 6.16. The zero-order valence-corrected chi connectivity index (χ0v) is 13.6. The van der Waals surface area contributed by atoms with Gasteiger partial charge in [0.05, 0.1) is 14.2 Å². The van der Waals surface area contributed by atoms with Crippen LogP contribution in [0.25, 0.3) is 0 Å². The fraction of sp³-hybridized carbons (Fsp3) is 0.500. The summed E-state index contributed by atoms with van der Waals surface area (Å²) in [4.78, 5) is 14.3. The Labute approximate surface area is 136 Å². The summed E-state index contributed by atoms with van der Waals surface area (Å²) in [5, 5.41) is 3.43. The Bertz CT molecular complexity index is 635. The third-order valence-corrected chi connectivity index (χ3v) is 4.47. The van der Waals surface area contributed by atoms with Crippen LogP contribution in [0.2, 0.25) is 0 Å². The summed E-state index contributed by atoms with van der Waals surface area (Å²) in [6.45, 7) is 3.62. The lowest BCUT2D eigenvalue weighted by atomic mass is 9.86. The van der Waals surface area contributed by atoms with Crippen LogP contribution >= 0.6 is 0 Å². The highest BCUT2D eigenvalue weighted by atomic mass is 16.5. The molecule has 122 valence electrons. The number of nitrogens with one attached hydrogen (secondary N) is 1. The van der Waals surface area contributed by atoms with E-state index in [0.29, 0.717) is 23.3 Å². The molecule has 23 heavy (non-hydrogen) atoms. The quantitative estimate of drug-likeness (QED) is 0.831. The molecule has 2 fully saturated rings. The summed E-state index contributed by atoms with van der Waals surface area (Å²) in [5.41, 5.74) is 0.745. The summed E-state index contributed by atoms with van der Waals surface area (Å²) < 4.78 is 10.5. The first-order valence-electron chi connectivity index (χ1n) is 7.93. The van der Waals surface area contributed by atoms with Gasteiger partial charge < -0.3 is 19.7 Å². The van der Waals surface area contributed by atoms with Crippen molar-refractivity contribution >= 4 is 5.91 Å². The molecule has 0 aliphatic carbocycles. The Kier molecular flexibility index (Phi) is 4.73. The number of carbonyl (C=O) groups is 1. The third-order valence-electron chi connectivity index (χ3n) is 4.47. The average Bonchev–Trinajstić information content (AvgIpc) is 2.58. The molecule has 1 aromatic rings. The first kappa shape index (κ1) is 15.7. The molecule has 0 radical (unpaired) electrons. The van der Waals surface area contributed by atoms with Gasteiger partial charge in [0.1, 0.15) is 0 Å². The lowest BCUT2D eigenvalue weighted by Crippen LogP contribution is -2.52. The molecular weight excluding hydrogens is 292 g/mol. The maximum Gasteiger partial charge on any atom is 0.298 e. The number of hydrogen-bond acceptors (Lipinski definition) is 4. The van der Waals surface area contributed by atoms with E-state index in [1.807, 2.05) is 11.0 Å². The van der Waals surface area contributed by atoms with E-state index in [1.165, 1.54) is 6.42 Å². The fourth-order valence-corrected chi connectivity index (χ4v) is 3.39. The molecule has 1 amide bonds. The van der Waals surface area contributed by atoms with E-state index in [0.717, 1.165) is 31.7 Å². The van der Waals surface area contributed by atoms with Crippen LogP contribution in [0.15, 0.2) is 18.2 Å². The van der Waals surface area contributed by atoms with Crippen molar-refractivity contribution in [2.75, 3.05) is 40.4 Å². The highest BCUT2D eigenvalue weighted by molar-refractivity contribution is 5.94. The number of benzene rings is 1. The second kappa shape index (κ2) is 6.93. The Morgan fingerprint density at radius 1 is 1.17 bits per heavy atom. The third kappa shape index (κ3) is 3.59.